The number of aliphatic carboxylic acids is 1. The van der Waals surface area contributed by atoms with Crippen LogP contribution in [-0.2, 0) is 35.8 Å². The van der Waals surface area contributed by atoms with Crippen molar-refractivity contribution in [2.24, 2.45) is 7.05 Å². The zero-order valence-corrected chi connectivity index (χ0v) is 20.9. The predicted molar refractivity (Wildman–Crippen MR) is 136 cm³/mol. The van der Waals surface area contributed by atoms with Gasteiger partial charge in [-0.1, -0.05) is 31.9 Å². The highest BCUT2D eigenvalue weighted by Gasteiger charge is 2.33. The van der Waals surface area contributed by atoms with Crippen molar-refractivity contribution in [2.45, 2.75) is 64.2 Å². The molecule has 0 saturated carbocycles. The second-order valence-electron chi connectivity index (χ2n) is 9.44. The number of benzene rings is 2. The number of fused-ring (bicyclic) bond motifs is 3. The van der Waals surface area contributed by atoms with Crippen LogP contribution in [0.1, 0.15) is 77.7 Å². The summed E-state index contributed by atoms with van der Waals surface area (Å²) in [5.74, 6) is -0.864. The minimum Gasteiger partial charge on any atom is -0.493 e. The number of esters is 1. The van der Waals surface area contributed by atoms with Gasteiger partial charge in [-0.25, -0.2) is 4.79 Å². The molecule has 0 bridgehead atoms. The molecule has 0 unspecified atom stereocenters. The maximum Gasteiger partial charge on any atom is 0.337 e. The van der Waals surface area contributed by atoms with E-state index in [1.807, 2.05) is 25.2 Å². The Labute approximate surface area is 206 Å². The Morgan fingerprint density at radius 1 is 1.11 bits per heavy atom. The molecule has 1 atom stereocenters. The summed E-state index contributed by atoms with van der Waals surface area (Å²) in [6, 6.07) is 11.7. The lowest BCUT2D eigenvalue weighted by Crippen LogP contribution is -2.18. The molecule has 0 fully saturated rings. The van der Waals surface area contributed by atoms with E-state index in [0.29, 0.717) is 25.0 Å². The number of carboxylic acids is 1. The fraction of sp³-hybridized carbons (Fsp3) is 0.448. The summed E-state index contributed by atoms with van der Waals surface area (Å²) in [5, 5.41) is 10.9. The lowest BCUT2D eigenvalue weighted by molar-refractivity contribution is -0.139. The first-order valence-corrected chi connectivity index (χ1v) is 12.6. The molecule has 1 heterocycles. The van der Waals surface area contributed by atoms with Crippen LogP contribution in [0, 0.1) is 0 Å². The number of aryl methyl sites for hydroxylation is 2. The molecule has 186 valence electrons. The molecule has 2 aromatic carbocycles. The van der Waals surface area contributed by atoms with E-state index in [0.717, 1.165) is 65.6 Å². The van der Waals surface area contributed by atoms with Gasteiger partial charge in [0, 0.05) is 24.5 Å². The van der Waals surface area contributed by atoms with Crippen LogP contribution >= 0.6 is 0 Å². The van der Waals surface area contributed by atoms with Crippen molar-refractivity contribution in [3.05, 3.63) is 64.3 Å². The highest BCUT2D eigenvalue weighted by atomic mass is 16.5. The monoisotopic (exact) mass is 477 g/mol. The van der Waals surface area contributed by atoms with Crippen molar-refractivity contribution in [1.82, 2.24) is 4.57 Å². The summed E-state index contributed by atoms with van der Waals surface area (Å²) in [6.07, 6.45) is 7.47. The van der Waals surface area contributed by atoms with Crippen molar-refractivity contribution in [3.8, 4) is 5.75 Å². The summed E-state index contributed by atoms with van der Waals surface area (Å²) >= 11 is 0. The molecular formula is C29H35NO5. The SMILES string of the molecule is CCCCCc1cc(OCCc2cccc(C(=O)OC)c2)c2c3c(n(C)c2c1)CCC[C@@H]3C(=O)O. The number of nitrogens with zero attached hydrogens (tertiary/aromatic N) is 1. The van der Waals surface area contributed by atoms with Crippen molar-refractivity contribution < 1.29 is 24.2 Å². The van der Waals surface area contributed by atoms with E-state index in [4.69, 9.17) is 9.47 Å². The van der Waals surface area contributed by atoms with E-state index in [2.05, 4.69) is 23.6 Å². The van der Waals surface area contributed by atoms with Crippen LogP contribution < -0.4 is 4.74 Å². The molecule has 1 aliphatic carbocycles. The number of unbranched alkanes of at least 4 members (excludes halogenated alkanes) is 2. The highest BCUT2D eigenvalue weighted by Crippen LogP contribution is 2.43. The molecule has 4 rings (SSSR count). The fourth-order valence-electron chi connectivity index (χ4n) is 5.29. The van der Waals surface area contributed by atoms with Gasteiger partial charge in [0.1, 0.15) is 5.75 Å². The van der Waals surface area contributed by atoms with Crippen LogP contribution in [0.2, 0.25) is 0 Å². The summed E-state index contributed by atoms with van der Waals surface area (Å²) in [6.45, 7) is 2.63. The number of rotatable bonds is 10. The molecule has 0 amide bonds. The molecule has 0 spiro atoms. The number of carbonyl (C=O) groups is 2. The average Bonchev–Trinajstić information content (AvgIpc) is 3.16. The number of carbonyl (C=O) groups excluding carboxylic acids is 1. The quantitative estimate of drug-likeness (QED) is 0.294. The van der Waals surface area contributed by atoms with E-state index in [1.165, 1.54) is 19.1 Å². The van der Waals surface area contributed by atoms with Crippen molar-refractivity contribution in [3.63, 3.8) is 0 Å². The molecule has 1 N–H and O–H groups in total. The Morgan fingerprint density at radius 3 is 2.69 bits per heavy atom. The standard InChI is InChI=1S/C29H35NO5/c1-4-5-6-9-20-17-24-27(26-22(28(31)32)12-8-13-23(26)30(24)2)25(18-20)35-15-14-19-10-7-11-21(16-19)29(33)34-3/h7,10-11,16-18,22H,4-6,8-9,12-15H2,1-3H3,(H,31,32)/t22-/m0/s1. The predicted octanol–water partition coefficient (Wildman–Crippen LogP) is 5.82. The van der Waals surface area contributed by atoms with Gasteiger partial charge in [-0.3, -0.25) is 4.79 Å². The third-order valence-electron chi connectivity index (χ3n) is 7.11. The minimum absolute atomic E-state index is 0.357. The summed E-state index contributed by atoms with van der Waals surface area (Å²) in [4.78, 5) is 24.0. The Morgan fingerprint density at radius 2 is 1.94 bits per heavy atom. The maximum atomic E-state index is 12.1. The number of hydrogen-bond donors (Lipinski definition) is 1. The van der Waals surface area contributed by atoms with Gasteiger partial charge in [0.25, 0.3) is 0 Å². The zero-order chi connectivity index (χ0) is 24.9. The first-order chi connectivity index (χ1) is 16.9. The molecule has 0 saturated heterocycles. The van der Waals surface area contributed by atoms with Gasteiger partial charge in [-0.05, 0) is 73.1 Å². The maximum absolute atomic E-state index is 12.1. The third-order valence-corrected chi connectivity index (χ3v) is 7.11. The van der Waals surface area contributed by atoms with Crippen LogP contribution in [0.25, 0.3) is 10.9 Å². The van der Waals surface area contributed by atoms with Gasteiger partial charge >= 0.3 is 11.9 Å². The largest absolute Gasteiger partial charge is 0.493 e. The molecule has 6 heteroatoms. The van der Waals surface area contributed by atoms with Crippen molar-refractivity contribution >= 4 is 22.8 Å². The first kappa shape index (κ1) is 24.8. The Hall–Kier alpha value is -3.28. The molecular weight excluding hydrogens is 442 g/mol. The number of carboxylic acid groups (broad SMARTS) is 1. The minimum atomic E-state index is -0.768. The van der Waals surface area contributed by atoms with Crippen LogP contribution in [0.5, 0.6) is 5.75 Å². The van der Waals surface area contributed by atoms with E-state index in [1.54, 1.807) is 6.07 Å². The average molecular weight is 478 g/mol. The van der Waals surface area contributed by atoms with Crippen molar-refractivity contribution in [2.75, 3.05) is 13.7 Å². The number of ether oxygens (including phenoxy) is 2. The summed E-state index contributed by atoms with van der Waals surface area (Å²) in [5.41, 5.74) is 5.82. The van der Waals surface area contributed by atoms with Gasteiger partial charge in [-0.15, -0.1) is 0 Å². The Kier molecular flexibility index (Phi) is 7.79. The molecule has 3 aromatic rings. The normalized spacial score (nSPS) is 15.1. The van der Waals surface area contributed by atoms with E-state index in [-0.39, 0.29) is 5.97 Å². The van der Waals surface area contributed by atoms with E-state index < -0.39 is 11.9 Å². The van der Waals surface area contributed by atoms with E-state index >= 15 is 0 Å². The lowest BCUT2D eigenvalue weighted by Gasteiger charge is -2.21. The highest BCUT2D eigenvalue weighted by molar-refractivity contribution is 5.96. The zero-order valence-electron chi connectivity index (χ0n) is 20.9. The van der Waals surface area contributed by atoms with E-state index in [9.17, 15) is 14.7 Å². The Balaban J connectivity index is 1.68. The molecule has 1 aliphatic rings. The lowest BCUT2D eigenvalue weighted by atomic mass is 9.84. The topological polar surface area (TPSA) is 77.8 Å². The van der Waals surface area contributed by atoms with Crippen LogP contribution in [0.4, 0.5) is 0 Å². The van der Waals surface area contributed by atoms with Crippen LogP contribution in [0.3, 0.4) is 0 Å². The number of hydrogen-bond acceptors (Lipinski definition) is 4. The van der Waals surface area contributed by atoms with Crippen LogP contribution in [-0.4, -0.2) is 35.3 Å². The van der Waals surface area contributed by atoms with Gasteiger partial charge in [0.15, 0.2) is 0 Å². The molecule has 0 aliphatic heterocycles. The molecule has 1 aromatic heterocycles. The second kappa shape index (κ2) is 11.0. The smallest absolute Gasteiger partial charge is 0.337 e. The van der Waals surface area contributed by atoms with Crippen molar-refractivity contribution in [1.29, 1.82) is 0 Å². The molecule has 35 heavy (non-hydrogen) atoms. The number of aromatic nitrogens is 1. The fourth-order valence-corrected chi connectivity index (χ4v) is 5.29. The first-order valence-electron chi connectivity index (χ1n) is 12.6. The third kappa shape index (κ3) is 5.21. The van der Waals surface area contributed by atoms with Crippen LogP contribution in [0.15, 0.2) is 36.4 Å². The van der Waals surface area contributed by atoms with Gasteiger partial charge in [0.05, 0.1) is 30.7 Å². The molecule has 0 radical (unpaired) electrons. The van der Waals surface area contributed by atoms with Gasteiger partial charge in [-0.2, -0.15) is 0 Å². The van der Waals surface area contributed by atoms with Gasteiger partial charge in [0.2, 0.25) is 0 Å². The Bertz CT molecular complexity index is 1230. The van der Waals surface area contributed by atoms with Gasteiger partial charge < -0.3 is 19.1 Å². The molecule has 6 nitrogen and oxygen atoms in total. The second-order valence-corrected chi connectivity index (χ2v) is 9.44. The summed E-state index contributed by atoms with van der Waals surface area (Å²) in [7, 11) is 3.42. The summed E-state index contributed by atoms with van der Waals surface area (Å²) < 4.78 is 13.4. The number of methoxy groups -OCH3 is 1.